The summed E-state index contributed by atoms with van der Waals surface area (Å²) in [6.45, 7) is 0. The molecule has 1 unspecified atom stereocenters. The SMILES string of the molecule is COc1cc(F)cc(F)c1C(N)C(=O)O. The summed E-state index contributed by atoms with van der Waals surface area (Å²) in [6, 6.07) is -0.150. The molecule has 0 saturated heterocycles. The number of nitrogens with two attached hydrogens (primary N) is 1. The predicted molar refractivity (Wildman–Crippen MR) is 47.5 cm³/mol. The second kappa shape index (κ2) is 4.22. The first-order valence-corrected chi connectivity index (χ1v) is 3.98. The highest BCUT2D eigenvalue weighted by Gasteiger charge is 2.23. The van der Waals surface area contributed by atoms with Crippen molar-refractivity contribution in [1.82, 2.24) is 0 Å². The van der Waals surface area contributed by atoms with Crippen LogP contribution in [0.25, 0.3) is 0 Å². The molecule has 0 spiro atoms. The van der Waals surface area contributed by atoms with Crippen LogP contribution in [0.2, 0.25) is 0 Å². The molecule has 1 aromatic rings. The number of halogens is 2. The van der Waals surface area contributed by atoms with Crippen LogP contribution in [0.4, 0.5) is 8.78 Å². The van der Waals surface area contributed by atoms with Crippen molar-refractivity contribution in [2.45, 2.75) is 6.04 Å². The number of carboxylic acid groups (broad SMARTS) is 1. The number of carbonyl (C=O) groups is 1. The van der Waals surface area contributed by atoms with Gasteiger partial charge >= 0.3 is 5.97 Å². The number of ether oxygens (including phenoxy) is 1. The fraction of sp³-hybridized carbons (Fsp3) is 0.222. The van der Waals surface area contributed by atoms with Crippen LogP contribution in [0.5, 0.6) is 5.75 Å². The molecule has 15 heavy (non-hydrogen) atoms. The van der Waals surface area contributed by atoms with Crippen LogP contribution in [-0.4, -0.2) is 18.2 Å². The average Bonchev–Trinajstić information content (AvgIpc) is 2.15. The van der Waals surface area contributed by atoms with Crippen LogP contribution < -0.4 is 10.5 Å². The van der Waals surface area contributed by atoms with Gasteiger partial charge in [-0.2, -0.15) is 0 Å². The van der Waals surface area contributed by atoms with E-state index in [9.17, 15) is 13.6 Å². The molecule has 6 heteroatoms. The monoisotopic (exact) mass is 217 g/mol. The third-order valence-corrected chi connectivity index (χ3v) is 1.85. The molecular weight excluding hydrogens is 208 g/mol. The molecule has 0 bridgehead atoms. The van der Waals surface area contributed by atoms with Gasteiger partial charge in [0.1, 0.15) is 23.4 Å². The predicted octanol–water partition coefficient (Wildman–Crippen LogP) is 1.06. The Morgan fingerprint density at radius 1 is 1.53 bits per heavy atom. The summed E-state index contributed by atoms with van der Waals surface area (Å²) in [5.74, 6) is -3.53. The van der Waals surface area contributed by atoms with Crippen molar-refractivity contribution in [3.8, 4) is 5.75 Å². The molecular formula is C9H9F2NO3. The number of benzene rings is 1. The fourth-order valence-electron chi connectivity index (χ4n) is 1.16. The first kappa shape index (κ1) is 11.4. The van der Waals surface area contributed by atoms with E-state index in [1.54, 1.807) is 0 Å². The van der Waals surface area contributed by atoms with Gasteiger partial charge in [0.2, 0.25) is 0 Å². The Hall–Kier alpha value is -1.69. The van der Waals surface area contributed by atoms with Gasteiger partial charge in [-0.1, -0.05) is 0 Å². The minimum Gasteiger partial charge on any atom is -0.496 e. The van der Waals surface area contributed by atoms with Gasteiger partial charge in [-0.25, -0.2) is 8.78 Å². The smallest absolute Gasteiger partial charge is 0.325 e. The number of carboxylic acids is 1. The van der Waals surface area contributed by atoms with Gasteiger partial charge in [-0.3, -0.25) is 4.79 Å². The average molecular weight is 217 g/mol. The molecule has 0 amide bonds. The van der Waals surface area contributed by atoms with Crippen molar-refractivity contribution < 1.29 is 23.4 Å². The normalized spacial score (nSPS) is 12.3. The lowest BCUT2D eigenvalue weighted by Gasteiger charge is -2.12. The summed E-state index contributed by atoms with van der Waals surface area (Å²) in [4.78, 5) is 10.6. The van der Waals surface area contributed by atoms with E-state index in [0.29, 0.717) is 6.07 Å². The summed E-state index contributed by atoms with van der Waals surface area (Å²) in [5, 5.41) is 8.61. The zero-order valence-electron chi connectivity index (χ0n) is 7.83. The summed E-state index contributed by atoms with van der Waals surface area (Å²) in [5.41, 5.74) is 4.85. The molecule has 0 aliphatic carbocycles. The molecule has 0 aliphatic heterocycles. The zero-order valence-corrected chi connectivity index (χ0v) is 7.83. The Kier molecular flexibility index (Phi) is 3.21. The second-order valence-electron chi connectivity index (χ2n) is 2.82. The Balaban J connectivity index is 3.32. The molecule has 0 aliphatic rings. The maximum atomic E-state index is 13.2. The second-order valence-corrected chi connectivity index (χ2v) is 2.82. The van der Waals surface area contributed by atoms with Gasteiger partial charge in [0.05, 0.1) is 12.7 Å². The lowest BCUT2D eigenvalue weighted by molar-refractivity contribution is -0.138. The lowest BCUT2D eigenvalue weighted by Crippen LogP contribution is -2.22. The standard InChI is InChI=1S/C9H9F2NO3/c1-15-6-3-4(10)2-5(11)7(6)8(12)9(13)14/h2-3,8H,12H2,1H3,(H,13,14). The molecule has 3 N–H and O–H groups in total. The van der Waals surface area contributed by atoms with Crippen molar-refractivity contribution in [3.05, 3.63) is 29.3 Å². The van der Waals surface area contributed by atoms with E-state index < -0.39 is 23.6 Å². The van der Waals surface area contributed by atoms with Crippen molar-refractivity contribution in [3.63, 3.8) is 0 Å². The maximum absolute atomic E-state index is 13.2. The Labute approximate surface area is 84.3 Å². The molecule has 0 radical (unpaired) electrons. The van der Waals surface area contributed by atoms with E-state index in [0.717, 1.165) is 6.07 Å². The molecule has 1 rings (SSSR count). The number of hydrogen-bond acceptors (Lipinski definition) is 3. The lowest BCUT2D eigenvalue weighted by atomic mass is 10.1. The Bertz CT molecular complexity index is 395. The third kappa shape index (κ3) is 2.21. The molecule has 0 saturated carbocycles. The molecule has 0 aromatic heterocycles. The van der Waals surface area contributed by atoms with Gasteiger partial charge in [0.25, 0.3) is 0 Å². The minimum absolute atomic E-state index is 0.220. The van der Waals surface area contributed by atoms with Crippen LogP contribution in [0.1, 0.15) is 11.6 Å². The number of aliphatic carboxylic acids is 1. The molecule has 0 heterocycles. The van der Waals surface area contributed by atoms with Gasteiger partial charge in [-0.15, -0.1) is 0 Å². The highest BCUT2D eigenvalue weighted by molar-refractivity contribution is 5.76. The molecule has 82 valence electrons. The van der Waals surface area contributed by atoms with E-state index >= 15 is 0 Å². The molecule has 1 atom stereocenters. The first-order valence-electron chi connectivity index (χ1n) is 3.98. The van der Waals surface area contributed by atoms with E-state index in [2.05, 4.69) is 4.74 Å². The van der Waals surface area contributed by atoms with Crippen molar-refractivity contribution in [2.24, 2.45) is 5.73 Å². The van der Waals surface area contributed by atoms with Crippen LogP contribution in [0.15, 0.2) is 12.1 Å². The quantitative estimate of drug-likeness (QED) is 0.793. The topological polar surface area (TPSA) is 72.5 Å². The largest absolute Gasteiger partial charge is 0.496 e. The van der Waals surface area contributed by atoms with E-state index in [-0.39, 0.29) is 11.3 Å². The number of methoxy groups -OCH3 is 1. The first-order chi connectivity index (χ1) is 6.97. The Morgan fingerprint density at radius 2 is 2.13 bits per heavy atom. The highest BCUT2D eigenvalue weighted by atomic mass is 19.1. The van der Waals surface area contributed by atoms with Crippen molar-refractivity contribution in [2.75, 3.05) is 7.11 Å². The van der Waals surface area contributed by atoms with Crippen molar-refractivity contribution in [1.29, 1.82) is 0 Å². The van der Waals surface area contributed by atoms with E-state index in [1.807, 2.05) is 0 Å². The number of hydrogen-bond donors (Lipinski definition) is 2. The zero-order chi connectivity index (χ0) is 11.6. The van der Waals surface area contributed by atoms with Gasteiger partial charge in [-0.05, 0) is 0 Å². The van der Waals surface area contributed by atoms with Gasteiger partial charge < -0.3 is 15.6 Å². The van der Waals surface area contributed by atoms with Gasteiger partial charge in [0.15, 0.2) is 0 Å². The van der Waals surface area contributed by atoms with Crippen LogP contribution in [0.3, 0.4) is 0 Å². The van der Waals surface area contributed by atoms with Crippen LogP contribution in [0, 0.1) is 11.6 Å². The summed E-state index contributed by atoms with van der Waals surface area (Å²) < 4.78 is 30.7. The minimum atomic E-state index is -1.58. The van der Waals surface area contributed by atoms with E-state index in [1.165, 1.54) is 7.11 Å². The summed E-state index contributed by atoms with van der Waals surface area (Å²) >= 11 is 0. The summed E-state index contributed by atoms with van der Waals surface area (Å²) in [6.07, 6.45) is 0. The molecule has 4 nitrogen and oxygen atoms in total. The van der Waals surface area contributed by atoms with Crippen molar-refractivity contribution >= 4 is 5.97 Å². The van der Waals surface area contributed by atoms with E-state index in [4.69, 9.17) is 10.8 Å². The van der Waals surface area contributed by atoms with Gasteiger partial charge in [0, 0.05) is 12.1 Å². The highest BCUT2D eigenvalue weighted by Crippen LogP contribution is 2.28. The number of rotatable bonds is 3. The molecule has 0 fully saturated rings. The summed E-state index contributed by atoms with van der Waals surface area (Å²) in [7, 11) is 1.17. The maximum Gasteiger partial charge on any atom is 0.325 e. The Morgan fingerprint density at radius 3 is 2.60 bits per heavy atom. The molecule has 1 aromatic carbocycles. The van der Waals surface area contributed by atoms with Crippen LogP contribution in [-0.2, 0) is 4.79 Å². The van der Waals surface area contributed by atoms with Crippen LogP contribution >= 0.6 is 0 Å². The third-order valence-electron chi connectivity index (χ3n) is 1.85. The fourth-order valence-corrected chi connectivity index (χ4v) is 1.16.